The summed E-state index contributed by atoms with van der Waals surface area (Å²) >= 11 is 7.53. The van der Waals surface area contributed by atoms with E-state index in [0.29, 0.717) is 22.1 Å². The maximum absolute atomic E-state index is 12.5. The lowest BCUT2D eigenvalue weighted by Gasteiger charge is -2.13. The van der Waals surface area contributed by atoms with Crippen LogP contribution in [0.4, 0.5) is 11.4 Å². The van der Waals surface area contributed by atoms with Crippen molar-refractivity contribution in [2.24, 2.45) is 0 Å². The molecule has 0 aromatic heterocycles. The first-order chi connectivity index (χ1) is 15.4. The lowest BCUT2D eigenvalue weighted by atomic mass is 10.2. The van der Waals surface area contributed by atoms with Crippen molar-refractivity contribution in [3.8, 4) is 5.75 Å². The van der Waals surface area contributed by atoms with Crippen LogP contribution in [0.25, 0.3) is 6.08 Å². The van der Waals surface area contributed by atoms with Crippen LogP contribution in [0.5, 0.6) is 5.75 Å². The van der Waals surface area contributed by atoms with Crippen LogP contribution in [-0.2, 0) is 9.59 Å². The van der Waals surface area contributed by atoms with Gasteiger partial charge in [0, 0.05) is 22.3 Å². The lowest BCUT2D eigenvalue weighted by molar-refractivity contribution is -0.115. The fourth-order valence-corrected chi connectivity index (χ4v) is 3.91. The Morgan fingerprint density at radius 1 is 0.969 bits per heavy atom. The highest BCUT2D eigenvalue weighted by atomic mass is 35.5. The van der Waals surface area contributed by atoms with Crippen LogP contribution in [0.15, 0.2) is 83.8 Å². The zero-order valence-corrected chi connectivity index (χ0v) is 19.2. The number of rotatable bonds is 8. The fourth-order valence-electron chi connectivity index (χ4n) is 2.78. The van der Waals surface area contributed by atoms with E-state index in [1.165, 1.54) is 24.9 Å². The van der Waals surface area contributed by atoms with Crippen molar-refractivity contribution in [3.63, 3.8) is 0 Å². The lowest BCUT2D eigenvalue weighted by Crippen LogP contribution is -2.22. The SMILES string of the molecule is COc1ccc(NC(=O)C(C)Sc2ccc(NC(=O)/C=C/c3ccccc3)cc2)cc1Cl. The number of hydrogen-bond donors (Lipinski definition) is 2. The number of carbonyl (C=O) groups excluding carboxylic acids is 2. The summed E-state index contributed by atoms with van der Waals surface area (Å²) in [5.74, 6) is 0.203. The zero-order valence-electron chi connectivity index (χ0n) is 17.7. The monoisotopic (exact) mass is 466 g/mol. The fraction of sp³-hybridized carbons (Fsp3) is 0.120. The molecule has 7 heteroatoms. The van der Waals surface area contributed by atoms with Crippen molar-refractivity contribution in [1.29, 1.82) is 0 Å². The van der Waals surface area contributed by atoms with Crippen LogP contribution in [0.2, 0.25) is 5.02 Å². The minimum Gasteiger partial charge on any atom is -0.495 e. The Bertz CT molecular complexity index is 1100. The van der Waals surface area contributed by atoms with Crippen molar-refractivity contribution in [3.05, 3.63) is 89.5 Å². The summed E-state index contributed by atoms with van der Waals surface area (Å²) in [6.45, 7) is 1.83. The molecule has 2 amide bonds. The van der Waals surface area contributed by atoms with E-state index < -0.39 is 0 Å². The van der Waals surface area contributed by atoms with Crippen molar-refractivity contribution < 1.29 is 14.3 Å². The minimum absolute atomic E-state index is 0.139. The molecule has 1 unspecified atom stereocenters. The first-order valence-electron chi connectivity index (χ1n) is 9.90. The second-order valence-electron chi connectivity index (χ2n) is 6.86. The van der Waals surface area contributed by atoms with Crippen LogP contribution in [-0.4, -0.2) is 24.2 Å². The number of carbonyl (C=O) groups is 2. The summed E-state index contributed by atoms with van der Waals surface area (Å²) in [6, 6.07) is 22.1. The number of benzene rings is 3. The molecule has 3 aromatic rings. The number of halogens is 1. The van der Waals surface area contributed by atoms with E-state index in [2.05, 4.69) is 10.6 Å². The second kappa shape index (κ2) is 11.4. The largest absolute Gasteiger partial charge is 0.495 e. The Morgan fingerprint density at radius 2 is 1.66 bits per heavy atom. The van der Waals surface area contributed by atoms with Crippen LogP contribution >= 0.6 is 23.4 Å². The van der Waals surface area contributed by atoms with Crippen molar-refractivity contribution in [1.82, 2.24) is 0 Å². The molecule has 0 radical (unpaired) electrons. The van der Waals surface area contributed by atoms with Crippen molar-refractivity contribution in [2.45, 2.75) is 17.1 Å². The predicted octanol–water partition coefficient (Wildman–Crippen LogP) is 6.12. The van der Waals surface area contributed by atoms with E-state index in [-0.39, 0.29) is 17.1 Å². The molecule has 0 saturated carbocycles. The molecule has 5 nitrogen and oxygen atoms in total. The van der Waals surface area contributed by atoms with Crippen molar-refractivity contribution in [2.75, 3.05) is 17.7 Å². The minimum atomic E-state index is -0.329. The quantitative estimate of drug-likeness (QED) is 0.310. The maximum Gasteiger partial charge on any atom is 0.248 e. The highest BCUT2D eigenvalue weighted by molar-refractivity contribution is 8.00. The summed E-state index contributed by atoms with van der Waals surface area (Å²) in [5.41, 5.74) is 2.25. The number of thioether (sulfide) groups is 1. The van der Waals surface area contributed by atoms with Gasteiger partial charge in [0.1, 0.15) is 5.75 Å². The third-order valence-electron chi connectivity index (χ3n) is 4.45. The predicted molar refractivity (Wildman–Crippen MR) is 133 cm³/mol. The van der Waals surface area contributed by atoms with Gasteiger partial charge in [-0.3, -0.25) is 9.59 Å². The standard InChI is InChI=1S/C25H23ClN2O3S/c1-17(25(30)28-20-11-14-23(31-2)22(26)16-20)32-21-12-9-19(10-13-21)27-24(29)15-8-18-6-4-3-5-7-18/h3-17H,1-2H3,(H,27,29)(H,28,30)/b15-8+. The molecule has 3 aromatic carbocycles. The highest BCUT2D eigenvalue weighted by Crippen LogP contribution is 2.29. The van der Waals surface area contributed by atoms with Crippen LogP contribution < -0.4 is 15.4 Å². The molecule has 0 saturated heterocycles. The number of methoxy groups -OCH3 is 1. The van der Waals surface area contributed by atoms with Gasteiger partial charge in [-0.25, -0.2) is 0 Å². The van der Waals surface area contributed by atoms with E-state index in [9.17, 15) is 9.59 Å². The number of anilines is 2. The van der Waals surface area contributed by atoms with Crippen molar-refractivity contribution >= 4 is 52.6 Å². The van der Waals surface area contributed by atoms with Gasteiger partial charge in [0.2, 0.25) is 11.8 Å². The van der Waals surface area contributed by atoms with Gasteiger partial charge in [-0.05, 0) is 61.0 Å². The molecule has 1 atom stereocenters. The van der Waals surface area contributed by atoms with Gasteiger partial charge in [0.15, 0.2) is 0 Å². The Hall–Kier alpha value is -3.22. The topological polar surface area (TPSA) is 67.4 Å². The molecule has 0 aliphatic carbocycles. The third-order valence-corrected chi connectivity index (χ3v) is 5.86. The number of hydrogen-bond acceptors (Lipinski definition) is 4. The van der Waals surface area contributed by atoms with E-state index in [4.69, 9.17) is 16.3 Å². The Balaban J connectivity index is 1.52. The molecule has 0 aliphatic rings. The molecule has 3 rings (SSSR count). The first-order valence-corrected chi connectivity index (χ1v) is 11.2. The first kappa shape index (κ1) is 23.4. The van der Waals surface area contributed by atoms with Gasteiger partial charge in [-0.1, -0.05) is 41.9 Å². The zero-order chi connectivity index (χ0) is 22.9. The van der Waals surface area contributed by atoms with E-state index in [1.54, 1.807) is 24.3 Å². The number of ether oxygens (including phenoxy) is 1. The molecule has 0 fully saturated rings. The molecule has 0 heterocycles. The van der Waals surface area contributed by atoms with Gasteiger partial charge >= 0.3 is 0 Å². The second-order valence-corrected chi connectivity index (χ2v) is 8.68. The highest BCUT2D eigenvalue weighted by Gasteiger charge is 2.15. The molecule has 0 bridgehead atoms. The van der Waals surface area contributed by atoms with Gasteiger partial charge in [0.05, 0.1) is 17.4 Å². The Kier molecular flexibility index (Phi) is 8.36. The van der Waals surface area contributed by atoms with Crippen LogP contribution in [0, 0.1) is 0 Å². The molecule has 0 spiro atoms. The van der Waals surface area contributed by atoms with Crippen LogP contribution in [0.3, 0.4) is 0 Å². The van der Waals surface area contributed by atoms with E-state index >= 15 is 0 Å². The maximum atomic E-state index is 12.5. The summed E-state index contributed by atoms with van der Waals surface area (Å²) in [7, 11) is 1.54. The third kappa shape index (κ3) is 6.90. The number of amides is 2. The van der Waals surface area contributed by atoms with E-state index in [1.807, 2.05) is 61.5 Å². The van der Waals surface area contributed by atoms with Crippen LogP contribution in [0.1, 0.15) is 12.5 Å². The molecule has 164 valence electrons. The summed E-state index contributed by atoms with van der Waals surface area (Å²) in [5, 5.41) is 5.78. The Labute approximate surface area is 196 Å². The Morgan fingerprint density at radius 3 is 2.31 bits per heavy atom. The molecule has 32 heavy (non-hydrogen) atoms. The molecular weight excluding hydrogens is 444 g/mol. The van der Waals surface area contributed by atoms with Gasteiger partial charge < -0.3 is 15.4 Å². The average molecular weight is 467 g/mol. The average Bonchev–Trinajstić information content (AvgIpc) is 2.80. The van der Waals surface area contributed by atoms with E-state index in [0.717, 1.165) is 10.5 Å². The van der Waals surface area contributed by atoms with Gasteiger partial charge in [0.25, 0.3) is 0 Å². The van der Waals surface area contributed by atoms with Gasteiger partial charge in [-0.15, -0.1) is 11.8 Å². The summed E-state index contributed by atoms with van der Waals surface area (Å²) in [6.07, 6.45) is 3.26. The smallest absolute Gasteiger partial charge is 0.248 e. The molecule has 0 aliphatic heterocycles. The normalized spacial score (nSPS) is 11.7. The molecule has 2 N–H and O–H groups in total. The number of nitrogens with one attached hydrogen (secondary N) is 2. The molecular formula is C25H23ClN2O3S. The van der Waals surface area contributed by atoms with Gasteiger partial charge in [-0.2, -0.15) is 0 Å². The summed E-state index contributed by atoms with van der Waals surface area (Å²) in [4.78, 5) is 25.5. The summed E-state index contributed by atoms with van der Waals surface area (Å²) < 4.78 is 5.12.